The van der Waals surface area contributed by atoms with Gasteiger partial charge < -0.3 is 20.5 Å². The minimum absolute atomic E-state index is 0.130. The van der Waals surface area contributed by atoms with Crippen LogP contribution in [0.2, 0.25) is 0 Å². The van der Waals surface area contributed by atoms with Gasteiger partial charge in [0.15, 0.2) is 6.10 Å². The van der Waals surface area contributed by atoms with Crippen molar-refractivity contribution in [2.24, 2.45) is 5.73 Å². The first kappa shape index (κ1) is 15.5. The first-order valence-corrected chi connectivity index (χ1v) is 6.39. The van der Waals surface area contributed by atoms with Gasteiger partial charge in [-0.1, -0.05) is 12.1 Å². The van der Waals surface area contributed by atoms with Crippen LogP contribution in [0.25, 0.3) is 0 Å². The fraction of sp³-hybridized carbons (Fsp3) is 0.500. The number of benzene rings is 1. The Morgan fingerprint density at radius 3 is 2.95 bits per heavy atom. The van der Waals surface area contributed by atoms with Crippen LogP contribution in [0.5, 0.6) is 5.75 Å². The van der Waals surface area contributed by atoms with E-state index in [2.05, 4.69) is 5.32 Å². The molecule has 0 fully saturated rings. The van der Waals surface area contributed by atoms with Crippen LogP contribution in [-0.4, -0.2) is 32.3 Å². The highest BCUT2D eigenvalue weighted by atomic mass is 16.5. The lowest BCUT2D eigenvalue weighted by Gasteiger charge is -2.15. The average Bonchev–Trinajstić information content (AvgIpc) is 2.43. The molecule has 0 radical (unpaired) electrons. The second-order valence-corrected chi connectivity index (χ2v) is 4.25. The highest BCUT2D eigenvalue weighted by molar-refractivity contribution is 5.80. The van der Waals surface area contributed by atoms with Gasteiger partial charge >= 0.3 is 0 Å². The molecule has 0 heterocycles. The van der Waals surface area contributed by atoms with Gasteiger partial charge in [0, 0.05) is 26.8 Å². The van der Waals surface area contributed by atoms with Crippen molar-refractivity contribution in [1.29, 1.82) is 0 Å². The summed E-state index contributed by atoms with van der Waals surface area (Å²) in [7, 11) is 1.64. The topological polar surface area (TPSA) is 73.6 Å². The van der Waals surface area contributed by atoms with E-state index in [0.717, 1.165) is 12.0 Å². The normalized spacial score (nSPS) is 11.9. The second-order valence-electron chi connectivity index (χ2n) is 4.25. The van der Waals surface area contributed by atoms with Crippen molar-refractivity contribution >= 4 is 5.91 Å². The van der Waals surface area contributed by atoms with E-state index in [1.54, 1.807) is 14.0 Å². The summed E-state index contributed by atoms with van der Waals surface area (Å²) < 4.78 is 10.5. The van der Waals surface area contributed by atoms with E-state index < -0.39 is 6.10 Å². The summed E-state index contributed by atoms with van der Waals surface area (Å²) in [6.45, 7) is 3.40. The lowest BCUT2D eigenvalue weighted by Crippen LogP contribution is -2.37. The Kier molecular flexibility index (Phi) is 6.92. The molecule has 0 aliphatic rings. The predicted octanol–water partition coefficient (Wildman–Crippen LogP) is 1.07. The lowest BCUT2D eigenvalue weighted by molar-refractivity contribution is -0.127. The molecule has 1 unspecified atom stereocenters. The van der Waals surface area contributed by atoms with Gasteiger partial charge in [0.2, 0.25) is 0 Å². The Labute approximate surface area is 114 Å². The summed E-state index contributed by atoms with van der Waals surface area (Å²) in [4.78, 5) is 11.8. The van der Waals surface area contributed by atoms with Crippen LogP contribution < -0.4 is 15.8 Å². The van der Waals surface area contributed by atoms with E-state index in [-0.39, 0.29) is 5.91 Å². The fourth-order valence-electron chi connectivity index (χ4n) is 1.58. The van der Waals surface area contributed by atoms with Crippen molar-refractivity contribution in [2.45, 2.75) is 26.0 Å². The van der Waals surface area contributed by atoms with Crippen LogP contribution in [0.3, 0.4) is 0 Å². The van der Waals surface area contributed by atoms with E-state index in [1.807, 2.05) is 24.3 Å². The maximum atomic E-state index is 11.8. The second kappa shape index (κ2) is 8.50. The zero-order chi connectivity index (χ0) is 14.1. The molecule has 1 aromatic carbocycles. The maximum absolute atomic E-state index is 11.8. The molecule has 3 N–H and O–H groups in total. The predicted molar refractivity (Wildman–Crippen MR) is 73.9 cm³/mol. The third kappa shape index (κ3) is 5.72. The molecule has 19 heavy (non-hydrogen) atoms. The summed E-state index contributed by atoms with van der Waals surface area (Å²) in [6, 6.07) is 7.44. The van der Waals surface area contributed by atoms with Crippen LogP contribution in [0.15, 0.2) is 24.3 Å². The molecule has 1 aromatic rings. The molecule has 0 saturated carbocycles. The van der Waals surface area contributed by atoms with Crippen molar-refractivity contribution in [3.05, 3.63) is 29.8 Å². The molecular weight excluding hydrogens is 244 g/mol. The van der Waals surface area contributed by atoms with Gasteiger partial charge in [0.1, 0.15) is 5.75 Å². The lowest BCUT2D eigenvalue weighted by atomic mass is 10.2. The largest absolute Gasteiger partial charge is 0.481 e. The molecule has 1 rings (SSSR count). The molecule has 0 aliphatic heterocycles. The van der Waals surface area contributed by atoms with Gasteiger partial charge in [-0.3, -0.25) is 4.79 Å². The molecule has 0 saturated heterocycles. The molecule has 0 bridgehead atoms. The molecule has 5 heteroatoms. The first-order chi connectivity index (χ1) is 9.17. The van der Waals surface area contributed by atoms with Crippen LogP contribution in [0.1, 0.15) is 18.9 Å². The van der Waals surface area contributed by atoms with E-state index in [4.69, 9.17) is 15.2 Å². The summed E-state index contributed by atoms with van der Waals surface area (Å²) in [6.07, 6.45) is 0.257. The number of rotatable bonds is 8. The van der Waals surface area contributed by atoms with E-state index in [1.165, 1.54) is 0 Å². The Bertz CT molecular complexity index is 396. The van der Waals surface area contributed by atoms with Crippen LogP contribution in [0.4, 0.5) is 0 Å². The van der Waals surface area contributed by atoms with Crippen LogP contribution >= 0.6 is 0 Å². The standard InChI is InChI=1S/C14H22N2O3/c1-11(14(17)16-7-4-8-18-2)19-13-6-3-5-12(9-13)10-15/h3,5-6,9,11H,4,7-8,10,15H2,1-2H3,(H,16,17). The third-order valence-corrected chi connectivity index (χ3v) is 2.64. The van der Waals surface area contributed by atoms with Gasteiger partial charge in [0.25, 0.3) is 5.91 Å². The van der Waals surface area contributed by atoms with Crippen molar-refractivity contribution in [2.75, 3.05) is 20.3 Å². The van der Waals surface area contributed by atoms with Gasteiger partial charge in [-0.15, -0.1) is 0 Å². The maximum Gasteiger partial charge on any atom is 0.260 e. The number of carbonyl (C=O) groups is 1. The van der Waals surface area contributed by atoms with Gasteiger partial charge in [-0.2, -0.15) is 0 Å². The SMILES string of the molecule is COCCCNC(=O)C(C)Oc1cccc(CN)c1. The number of hydrogen-bond donors (Lipinski definition) is 2. The number of amides is 1. The zero-order valence-corrected chi connectivity index (χ0v) is 11.5. The zero-order valence-electron chi connectivity index (χ0n) is 11.5. The summed E-state index contributed by atoms with van der Waals surface area (Å²) in [5.74, 6) is 0.525. The van der Waals surface area contributed by atoms with Crippen LogP contribution in [0, 0.1) is 0 Å². The highest BCUT2D eigenvalue weighted by Crippen LogP contribution is 2.14. The average molecular weight is 266 g/mol. The smallest absolute Gasteiger partial charge is 0.260 e. The minimum Gasteiger partial charge on any atom is -0.481 e. The van der Waals surface area contributed by atoms with Gasteiger partial charge in [-0.05, 0) is 31.0 Å². The monoisotopic (exact) mass is 266 g/mol. The summed E-state index contributed by atoms with van der Waals surface area (Å²) in [5, 5.41) is 2.80. The minimum atomic E-state index is -0.532. The molecular formula is C14H22N2O3. The van der Waals surface area contributed by atoms with E-state index >= 15 is 0 Å². The Morgan fingerprint density at radius 2 is 2.26 bits per heavy atom. The Morgan fingerprint density at radius 1 is 1.47 bits per heavy atom. The number of nitrogens with one attached hydrogen (secondary N) is 1. The molecule has 1 atom stereocenters. The summed E-state index contributed by atoms with van der Waals surface area (Å²) >= 11 is 0. The number of carbonyl (C=O) groups excluding carboxylic acids is 1. The number of hydrogen-bond acceptors (Lipinski definition) is 4. The first-order valence-electron chi connectivity index (χ1n) is 6.39. The molecule has 1 amide bonds. The Hall–Kier alpha value is -1.59. The van der Waals surface area contributed by atoms with E-state index in [9.17, 15) is 4.79 Å². The van der Waals surface area contributed by atoms with E-state index in [0.29, 0.717) is 25.4 Å². The molecule has 5 nitrogen and oxygen atoms in total. The number of ether oxygens (including phenoxy) is 2. The van der Waals surface area contributed by atoms with Crippen LogP contribution in [-0.2, 0) is 16.1 Å². The van der Waals surface area contributed by atoms with Crippen molar-refractivity contribution in [3.8, 4) is 5.75 Å². The molecule has 0 aliphatic carbocycles. The van der Waals surface area contributed by atoms with Gasteiger partial charge in [0.05, 0.1) is 0 Å². The third-order valence-electron chi connectivity index (χ3n) is 2.64. The fourth-order valence-corrected chi connectivity index (χ4v) is 1.58. The summed E-state index contributed by atoms with van der Waals surface area (Å²) in [5.41, 5.74) is 6.53. The molecule has 0 spiro atoms. The van der Waals surface area contributed by atoms with Gasteiger partial charge in [-0.25, -0.2) is 0 Å². The number of methoxy groups -OCH3 is 1. The van der Waals surface area contributed by atoms with Crippen molar-refractivity contribution < 1.29 is 14.3 Å². The van der Waals surface area contributed by atoms with Crippen molar-refractivity contribution in [3.63, 3.8) is 0 Å². The Balaban J connectivity index is 2.40. The van der Waals surface area contributed by atoms with Crippen molar-refractivity contribution in [1.82, 2.24) is 5.32 Å². The number of nitrogens with two attached hydrogens (primary N) is 1. The molecule has 106 valence electrons. The highest BCUT2D eigenvalue weighted by Gasteiger charge is 2.13. The quantitative estimate of drug-likeness (QED) is 0.690. The molecule has 0 aromatic heterocycles.